The van der Waals surface area contributed by atoms with Crippen LogP contribution in [-0.2, 0) is 9.59 Å². The van der Waals surface area contributed by atoms with E-state index in [0.29, 0.717) is 18.8 Å². The Hall–Kier alpha value is -2.77. The Morgan fingerprint density at radius 3 is 2.86 bits per heavy atom. The molecule has 116 valence electrons. The van der Waals surface area contributed by atoms with Crippen LogP contribution >= 0.6 is 0 Å². The van der Waals surface area contributed by atoms with Crippen molar-refractivity contribution >= 4 is 23.3 Å². The molecule has 22 heavy (non-hydrogen) atoms. The number of imide groups is 1. The zero-order valence-electron chi connectivity index (χ0n) is 11.9. The summed E-state index contributed by atoms with van der Waals surface area (Å²) in [5.41, 5.74) is -0.0947. The molecule has 0 bridgehead atoms. The summed E-state index contributed by atoms with van der Waals surface area (Å²) in [7, 11) is 0. The minimum atomic E-state index is -0.530. The Balaban J connectivity index is 1.85. The van der Waals surface area contributed by atoms with Crippen molar-refractivity contribution in [1.82, 2.24) is 9.88 Å². The first-order valence-electron chi connectivity index (χ1n) is 6.82. The van der Waals surface area contributed by atoms with E-state index < -0.39 is 4.92 Å². The third kappa shape index (κ3) is 3.46. The smallest absolute Gasteiger partial charge is 0.287 e. The van der Waals surface area contributed by atoms with Gasteiger partial charge in [-0.25, -0.2) is 4.98 Å². The molecule has 2 rings (SSSR count). The number of rotatable bonds is 7. The van der Waals surface area contributed by atoms with Gasteiger partial charge in [-0.3, -0.25) is 24.6 Å². The Morgan fingerprint density at radius 2 is 2.27 bits per heavy atom. The molecule has 1 aliphatic rings. The monoisotopic (exact) mass is 304 g/mol. The Bertz CT molecular complexity index is 599. The van der Waals surface area contributed by atoms with Crippen molar-refractivity contribution in [3.63, 3.8) is 0 Å². The molecule has 0 aliphatic carbocycles. The molecule has 1 aromatic rings. The number of aromatic nitrogens is 1. The first-order chi connectivity index (χ1) is 10.5. The fourth-order valence-electron chi connectivity index (χ4n) is 2.27. The number of hydrogen-bond acceptors (Lipinski definition) is 6. The minimum absolute atomic E-state index is 0.0947. The fourth-order valence-corrected chi connectivity index (χ4v) is 2.27. The highest BCUT2D eigenvalue weighted by atomic mass is 16.6. The predicted octanol–water partition coefficient (Wildman–Crippen LogP) is 1.35. The van der Waals surface area contributed by atoms with Gasteiger partial charge in [0, 0.05) is 25.6 Å². The maximum Gasteiger partial charge on any atom is 0.287 e. The number of carbonyl (C=O) groups excluding carboxylic acids is 2. The summed E-state index contributed by atoms with van der Waals surface area (Å²) in [4.78, 5) is 38.9. The second-order valence-electron chi connectivity index (χ2n) is 4.89. The number of nitrogens with one attached hydrogen (secondary N) is 1. The number of nitrogens with zero attached hydrogens (tertiary/aromatic N) is 3. The summed E-state index contributed by atoms with van der Waals surface area (Å²) in [5.74, 6) is -0.214. The van der Waals surface area contributed by atoms with Crippen LogP contribution in [0.1, 0.15) is 12.8 Å². The van der Waals surface area contributed by atoms with Crippen LogP contribution in [0.5, 0.6) is 0 Å². The van der Waals surface area contributed by atoms with E-state index in [0.717, 1.165) is 6.20 Å². The molecule has 1 fully saturated rings. The third-order valence-corrected chi connectivity index (χ3v) is 3.39. The zero-order chi connectivity index (χ0) is 16.1. The van der Waals surface area contributed by atoms with Gasteiger partial charge in [0.2, 0.25) is 11.8 Å². The van der Waals surface area contributed by atoms with E-state index in [1.165, 1.54) is 17.0 Å². The van der Waals surface area contributed by atoms with Crippen molar-refractivity contribution in [1.29, 1.82) is 0 Å². The maximum absolute atomic E-state index is 12.0. The van der Waals surface area contributed by atoms with Gasteiger partial charge in [-0.1, -0.05) is 6.08 Å². The number of carbonyl (C=O) groups is 2. The number of nitro groups is 1. The number of likely N-dealkylation sites (tertiary alicyclic amines) is 1. The van der Waals surface area contributed by atoms with E-state index in [2.05, 4.69) is 16.9 Å². The van der Waals surface area contributed by atoms with Crippen molar-refractivity contribution < 1.29 is 14.5 Å². The van der Waals surface area contributed by atoms with E-state index in [1.807, 2.05) is 0 Å². The Morgan fingerprint density at radius 1 is 1.50 bits per heavy atom. The Labute approximate surface area is 127 Å². The number of pyridine rings is 1. The molecule has 2 heterocycles. The standard InChI is InChI=1S/C14H16N4O4/c1-2-3-10-8-13(19)17(14(10)20)7-6-15-12-5-4-11(9-16-12)18(21)22/h2,4-5,9-10H,1,3,6-8H2,(H,15,16). The van der Waals surface area contributed by atoms with Crippen LogP contribution in [0, 0.1) is 16.0 Å². The van der Waals surface area contributed by atoms with Crippen LogP contribution in [0.2, 0.25) is 0 Å². The molecule has 8 nitrogen and oxygen atoms in total. The highest BCUT2D eigenvalue weighted by molar-refractivity contribution is 6.03. The highest BCUT2D eigenvalue weighted by Gasteiger charge is 2.37. The molecular weight excluding hydrogens is 288 g/mol. The second kappa shape index (κ2) is 6.79. The first kappa shape index (κ1) is 15.6. The summed E-state index contributed by atoms with van der Waals surface area (Å²) in [6.45, 7) is 4.16. The van der Waals surface area contributed by atoms with Crippen LogP contribution in [0.3, 0.4) is 0 Å². The van der Waals surface area contributed by atoms with Crippen molar-refractivity contribution in [2.24, 2.45) is 5.92 Å². The molecule has 1 unspecified atom stereocenters. The van der Waals surface area contributed by atoms with Crippen molar-refractivity contribution in [3.05, 3.63) is 41.1 Å². The average Bonchev–Trinajstić information content (AvgIpc) is 2.75. The van der Waals surface area contributed by atoms with Gasteiger partial charge < -0.3 is 5.32 Å². The SMILES string of the molecule is C=CCC1CC(=O)N(CCNc2ccc([N+](=O)[O-])cn2)C1=O. The molecule has 8 heteroatoms. The normalized spacial score (nSPS) is 17.6. The lowest BCUT2D eigenvalue weighted by atomic mass is 10.0. The molecule has 0 saturated carbocycles. The van der Waals surface area contributed by atoms with Gasteiger partial charge in [-0.2, -0.15) is 0 Å². The molecule has 1 atom stereocenters. The van der Waals surface area contributed by atoms with E-state index in [1.54, 1.807) is 6.08 Å². The largest absolute Gasteiger partial charge is 0.368 e. The molecule has 0 radical (unpaired) electrons. The van der Waals surface area contributed by atoms with Crippen molar-refractivity contribution in [2.45, 2.75) is 12.8 Å². The number of hydrogen-bond donors (Lipinski definition) is 1. The molecular formula is C14H16N4O4. The summed E-state index contributed by atoms with van der Waals surface area (Å²) in [5, 5.41) is 13.4. The van der Waals surface area contributed by atoms with Gasteiger partial charge in [-0.15, -0.1) is 6.58 Å². The lowest BCUT2D eigenvalue weighted by Gasteiger charge is -2.15. The van der Waals surface area contributed by atoms with Crippen LogP contribution in [0.15, 0.2) is 31.0 Å². The molecule has 1 aliphatic heterocycles. The number of allylic oxidation sites excluding steroid dienone is 1. The zero-order valence-corrected chi connectivity index (χ0v) is 11.9. The maximum atomic E-state index is 12.0. The number of anilines is 1. The van der Waals surface area contributed by atoms with Gasteiger partial charge in [0.25, 0.3) is 5.69 Å². The summed E-state index contributed by atoms with van der Waals surface area (Å²) < 4.78 is 0. The molecule has 0 aromatic carbocycles. The summed E-state index contributed by atoms with van der Waals surface area (Å²) in [6, 6.07) is 2.81. The molecule has 1 N–H and O–H groups in total. The second-order valence-corrected chi connectivity index (χ2v) is 4.89. The van der Waals surface area contributed by atoms with Crippen LogP contribution in [0.4, 0.5) is 11.5 Å². The van der Waals surface area contributed by atoms with Gasteiger partial charge in [0.15, 0.2) is 0 Å². The lowest BCUT2D eigenvalue weighted by molar-refractivity contribution is -0.385. The molecule has 0 spiro atoms. The summed E-state index contributed by atoms with van der Waals surface area (Å²) in [6.07, 6.45) is 3.51. The highest BCUT2D eigenvalue weighted by Crippen LogP contribution is 2.22. The molecule has 2 amide bonds. The molecule has 1 aromatic heterocycles. The molecule has 1 saturated heterocycles. The fraction of sp³-hybridized carbons (Fsp3) is 0.357. The van der Waals surface area contributed by atoms with E-state index >= 15 is 0 Å². The quantitative estimate of drug-likeness (QED) is 0.353. The van der Waals surface area contributed by atoms with Gasteiger partial charge >= 0.3 is 0 Å². The average molecular weight is 304 g/mol. The van der Waals surface area contributed by atoms with E-state index in [-0.39, 0.29) is 36.4 Å². The predicted molar refractivity (Wildman–Crippen MR) is 79.0 cm³/mol. The van der Waals surface area contributed by atoms with Crippen LogP contribution in [0.25, 0.3) is 0 Å². The van der Waals surface area contributed by atoms with Crippen LogP contribution in [-0.4, -0.2) is 39.7 Å². The van der Waals surface area contributed by atoms with Gasteiger partial charge in [0.1, 0.15) is 12.0 Å². The topological polar surface area (TPSA) is 105 Å². The number of amides is 2. The van der Waals surface area contributed by atoms with E-state index in [9.17, 15) is 19.7 Å². The van der Waals surface area contributed by atoms with Crippen LogP contribution < -0.4 is 5.32 Å². The Kier molecular flexibility index (Phi) is 4.82. The van der Waals surface area contributed by atoms with Gasteiger partial charge in [0.05, 0.1) is 10.8 Å². The first-order valence-corrected chi connectivity index (χ1v) is 6.82. The lowest BCUT2D eigenvalue weighted by Crippen LogP contribution is -2.34. The van der Waals surface area contributed by atoms with E-state index in [4.69, 9.17) is 0 Å². The van der Waals surface area contributed by atoms with Crippen molar-refractivity contribution in [3.8, 4) is 0 Å². The minimum Gasteiger partial charge on any atom is -0.368 e. The van der Waals surface area contributed by atoms with Crippen molar-refractivity contribution in [2.75, 3.05) is 18.4 Å². The van der Waals surface area contributed by atoms with Gasteiger partial charge in [-0.05, 0) is 12.5 Å². The summed E-state index contributed by atoms with van der Waals surface area (Å²) >= 11 is 0. The third-order valence-electron chi connectivity index (χ3n) is 3.39.